The molecule has 0 bridgehead atoms. The Balaban J connectivity index is 1.01. The van der Waals surface area contributed by atoms with Gasteiger partial charge in [-0.3, -0.25) is 0 Å². The highest BCUT2D eigenvalue weighted by atomic mass is 15.0. The zero-order chi connectivity index (χ0) is 59.2. The van der Waals surface area contributed by atoms with Gasteiger partial charge in [0.15, 0.2) is 17.2 Å². The van der Waals surface area contributed by atoms with Gasteiger partial charge in [0.2, 0.25) is 0 Å². The fourth-order valence-electron chi connectivity index (χ4n) is 12.3. The maximum absolute atomic E-state index is 9.69. The highest BCUT2D eigenvalue weighted by Gasteiger charge is 2.24. The van der Waals surface area contributed by atoms with Crippen molar-refractivity contribution < 1.29 is 0 Å². The topological polar surface area (TPSA) is 91.9 Å². The molecule has 3 heterocycles. The normalized spacial score (nSPS) is 11.1. The molecule has 8 heteroatoms. The number of rotatable bonds is 10. The van der Waals surface area contributed by atoms with Crippen LogP contribution in [0.4, 0.5) is 11.4 Å². The molecular weight excluding hydrogens is 1070 g/mol. The maximum atomic E-state index is 9.69. The quantitative estimate of drug-likeness (QED) is 0.128. The van der Waals surface area contributed by atoms with Crippen molar-refractivity contribution in [3.8, 4) is 113 Å². The molecule has 406 valence electrons. The predicted octanol–water partition coefficient (Wildman–Crippen LogP) is 20.9. The van der Waals surface area contributed by atoms with Gasteiger partial charge in [0, 0.05) is 49.4 Å². The highest BCUT2D eigenvalue weighted by Crippen LogP contribution is 2.45. The van der Waals surface area contributed by atoms with Crippen molar-refractivity contribution in [2.75, 3.05) is 0 Å². The Hall–Kier alpha value is -12.7. The van der Waals surface area contributed by atoms with Gasteiger partial charge in [0.25, 0.3) is 0 Å². The van der Waals surface area contributed by atoms with Crippen molar-refractivity contribution >= 4 is 55.0 Å². The Morgan fingerprint density at radius 2 is 0.636 bits per heavy atom. The lowest BCUT2D eigenvalue weighted by molar-refractivity contribution is 1.15. The number of hydrogen-bond donors (Lipinski definition) is 0. The number of hydrogen-bond acceptors (Lipinski definition) is 4. The molecule has 12 aromatic carbocycles. The van der Waals surface area contributed by atoms with E-state index in [4.69, 9.17) is 23.1 Å². The number of aromatic nitrogens is 4. The summed E-state index contributed by atoms with van der Waals surface area (Å²) in [5, 5.41) is 23.6. The summed E-state index contributed by atoms with van der Waals surface area (Å²) in [6, 6.07) is 99.9. The van der Waals surface area contributed by atoms with Gasteiger partial charge in [-0.2, -0.15) is 10.5 Å². The molecule has 0 atom stereocenters. The summed E-state index contributed by atoms with van der Waals surface area (Å²) in [6.45, 7) is 15.3. The molecule has 0 aliphatic rings. The molecule has 15 aromatic rings. The van der Waals surface area contributed by atoms with Crippen LogP contribution in [0, 0.1) is 35.8 Å². The van der Waals surface area contributed by atoms with E-state index in [0.29, 0.717) is 28.3 Å². The highest BCUT2D eigenvalue weighted by molar-refractivity contribution is 6.14. The van der Waals surface area contributed by atoms with Crippen molar-refractivity contribution in [1.82, 2.24) is 19.1 Å². The zero-order valence-electron chi connectivity index (χ0n) is 47.1. The predicted molar refractivity (Wildman–Crippen MR) is 356 cm³/mol. The van der Waals surface area contributed by atoms with Crippen LogP contribution in [-0.4, -0.2) is 19.1 Å². The lowest BCUT2D eigenvalue weighted by Crippen LogP contribution is -2.03. The van der Waals surface area contributed by atoms with E-state index in [1.807, 2.05) is 133 Å². The fourth-order valence-corrected chi connectivity index (χ4v) is 12.3. The number of benzene rings is 12. The smallest absolute Gasteiger partial charge is 0.187 e. The van der Waals surface area contributed by atoms with Crippen molar-refractivity contribution in [3.05, 3.63) is 313 Å². The second-order valence-corrected chi connectivity index (χ2v) is 21.7. The monoisotopic (exact) mass is 1120 g/mol. The average Bonchev–Trinajstić information content (AvgIpc) is 1.63. The summed E-state index contributed by atoms with van der Waals surface area (Å²) in [4.78, 5) is 18.1. The molecule has 88 heavy (non-hydrogen) atoms. The second-order valence-electron chi connectivity index (χ2n) is 21.7. The van der Waals surface area contributed by atoms with Crippen molar-refractivity contribution in [2.24, 2.45) is 0 Å². The van der Waals surface area contributed by atoms with Crippen LogP contribution in [0.3, 0.4) is 0 Å². The lowest BCUT2D eigenvalue weighted by Gasteiger charge is -2.20. The molecule has 0 radical (unpaired) electrons. The van der Waals surface area contributed by atoms with Crippen LogP contribution in [-0.2, 0) is 0 Å². The number of fused-ring (bicyclic) bond motifs is 6. The minimum absolute atomic E-state index is 0.580. The van der Waals surface area contributed by atoms with Crippen LogP contribution in [0.5, 0.6) is 0 Å². The zero-order valence-corrected chi connectivity index (χ0v) is 47.1. The summed E-state index contributed by atoms with van der Waals surface area (Å²) < 4.78 is 4.76. The van der Waals surface area contributed by atoms with Gasteiger partial charge in [0.1, 0.15) is 0 Å². The molecule has 0 fully saturated rings. The van der Waals surface area contributed by atoms with Gasteiger partial charge in [-0.05, 0) is 136 Å². The first-order valence-corrected chi connectivity index (χ1v) is 28.8. The summed E-state index contributed by atoms with van der Waals surface area (Å²) in [5.74, 6) is 0.580. The Kier molecular flexibility index (Phi) is 12.9. The first-order valence-electron chi connectivity index (χ1n) is 28.8. The standard InChI is InChI=1S/C80H46N8/c1-83-64-34-25-55(26-35-64)61-32-41-77-70(45-61)71-46-62(56-27-36-65(84-2)37-28-56)33-42-78(71)88(77)79-47-63(80-85-72(57-11-5-3-6-12-57)48-73(86-80)58-13-7-4-8-14-58)29-38-67(79)66-15-9-10-16-74(66)87-75-39-30-59(53-21-17-51(49-81)18-22-53)43-68(75)69-44-60(31-40-76(69)87)54-23-19-52(50-82)20-24-54/h3-48H. The molecule has 0 spiro atoms. The van der Waals surface area contributed by atoms with E-state index >= 15 is 0 Å². The Bertz CT molecular complexity index is 5150. The fraction of sp³-hybridized carbons (Fsp3) is 0. The molecule has 0 aliphatic carbocycles. The van der Waals surface area contributed by atoms with E-state index in [1.165, 1.54) is 0 Å². The molecule has 8 nitrogen and oxygen atoms in total. The van der Waals surface area contributed by atoms with E-state index in [9.17, 15) is 10.5 Å². The van der Waals surface area contributed by atoms with Gasteiger partial charge in [0.05, 0.1) is 81.2 Å². The van der Waals surface area contributed by atoms with Crippen LogP contribution in [0.1, 0.15) is 11.1 Å². The van der Waals surface area contributed by atoms with Gasteiger partial charge in [-0.15, -0.1) is 0 Å². The molecule has 0 unspecified atom stereocenters. The number of para-hydroxylation sites is 1. The Morgan fingerprint density at radius 1 is 0.295 bits per heavy atom. The van der Waals surface area contributed by atoms with Gasteiger partial charge in [-0.1, -0.05) is 188 Å². The van der Waals surface area contributed by atoms with Crippen LogP contribution in [0.2, 0.25) is 0 Å². The molecule has 0 aliphatic heterocycles. The average molecular weight is 1120 g/mol. The van der Waals surface area contributed by atoms with E-state index in [0.717, 1.165) is 139 Å². The second kappa shape index (κ2) is 21.8. The van der Waals surface area contributed by atoms with E-state index in [-0.39, 0.29) is 0 Å². The van der Waals surface area contributed by atoms with Crippen molar-refractivity contribution in [3.63, 3.8) is 0 Å². The first-order chi connectivity index (χ1) is 43.4. The summed E-state index contributed by atoms with van der Waals surface area (Å²) in [6.07, 6.45) is 0. The third kappa shape index (κ3) is 9.26. The van der Waals surface area contributed by atoms with Gasteiger partial charge in [-0.25, -0.2) is 19.7 Å². The molecule has 0 saturated heterocycles. The van der Waals surface area contributed by atoms with Crippen molar-refractivity contribution in [2.45, 2.75) is 0 Å². The third-order valence-electron chi connectivity index (χ3n) is 16.7. The van der Waals surface area contributed by atoms with E-state index in [2.05, 4.69) is 177 Å². The first kappa shape index (κ1) is 52.1. The number of nitrogens with zero attached hydrogens (tertiary/aromatic N) is 8. The van der Waals surface area contributed by atoms with Gasteiger partial charge >= 0.3 is 0 Å². The maximum Gasteiger partial charge on any atom is 0.187 e. The van der Waals surface area contributed by atoms with E-state index in [1.54, 1.807) is 0 Å². The van der Waals surface area contributed by atoms with Crippen LogP contribution in [0.25, 0.3) is 154 Å². The molecule has 0 saturated carbocycles. The Labute approximate surface area is 507 Å². The third-order valence-corrected chi connectivity index (χ3v) is 16.7. The summed E-state index contributed by atoms with van der Waals surface area (Å²) >= 11 is 0. The lowest BCUT2D eigenvalue weighted by atomic mass is 9.98. The van der Waals surface area contributed by atoms with E-state index < -0.39 is 0 Å². The van der Waals surface area contributed by atoms with Crippen LogP contribution >= 0.6 is 0 Å². The Morgan fingerprint density at radius 3 is 1.03 bits per heavy atom. The minimum atomic E-state index is 0.580. The molecule has 15 rings (SSSR count). The molecular formula is C80H46N8. The largest absolute Gasteiger partial charge is 0.309 e. The number of nitriles is 2. The SMILES string of the molecule is [C-]#[N+]c1ccc(-c2ccc3c(c2)c2cc(-c4ccc([N+]#[C-])cc4)ccc2n3-c2cc(-c3nc(-c4ccccc4)cc(-c4ccccc4)n3)ccc2-c2ccccc2-n2c3ccc(-c4ccc(C#N)cc4)cc3c3cc(-c4ccc(C#N)cc4)ccc32)cc1. The molecule has 3 aromatic heterocycles. The van der Waals surface area contributed by atoms with Crippen LogP contribution in [0.15, 0.2) is 279 Å². The summed E-state index contributed by atoms with van der Waals surface area (Å²) in [5.41, 5.74) is 22.7. The van der Waals surface area contributed by atoms with Gasteiger partial charge < -0.3 is 9.13 Å². The van der Waals surface area contributed by atoms with Crippen molar-refractivity contribution in [1.29, 1.82) is 10.5 Å². The molecule has 0 N–H and O–H groups in total. The van der Waals surface area contributed by atoms with Crippen LogP contribution < -0.4 is 0 Å². The molecule has 0 amide bonds. The minimum Gasteiger partial charge on any atom is -0.309 e. The summed E-state index contributed by atoms with van der Waals surface area (Å²) in [7, 11) is 0.